The van der Waals surface area contributed by atoms with Gasteiger partial charge in [-0.05, 0) is 0 Å². The third kappa shape index (κ3) is 5.43. The summed E-state index contributed by atoms with van der Waals surface area (Å²) >= 11 is 0. The van der Waals surface area contributed by atoms with Crippen molar-refractivity contribution in [1.82, 2.24) is 0 Å². The smallest absolute Gasteiger partial charge is 0.335 e. The van der Waals surface area contributed by atoms with Gasteiger partial charge in [0, 0.05) is 12.2 Å². The Morgan fingerprint density at radius 1 is 1.15 bits per heavy atom. The second-order valence-corrected chi connectivity index (χ2v) is 1.98. The van der Waals surface area contributed by atoms with Gasteiger partial charge in [-0.15, -0.1) is 0 Å². The molecular formula is C9H10O4. The fourth-order valence-electron chi connectivity index (χ4n) is 0.424. The van der Waals surface area contributed by atoms with E-state index >= 15 is 0 Å². The molecule has 0 saturated heterocycles. The van der Waals surface area contributed by atoms with Gasteiger partial charge in [-0.3, -0.25) is 0 Å². The number of esters is 2. The van der Waals surface area contributed by atoms with Crippen molar-refractivity contribution in [2.75, 3.05) is 6.61 Å². The zero-order valence-electron chi connectivity index (χ0n) is 7.12. The van der Waals surface area contributed by atoms with Crippen LogP contribution in [0.2, 0.25) is 0 Å². The van der Waals surface area contributed by atoms with Gasteiger partial charge in [0.2, 0.25) is 0 Å². The quantitative estimate of drug-likeness (QED) is 0.361. The molecule has 0 saturated carbocycles. The van der Waals surface area contributed by atoms with Crippen LogP contribution >= 0.6 is 0 Å². The lowest BCUT2D eigenvalue weighted by Crippen LogP contribution is -2.08. The van der Waals surface area contributed by atoms with Crippen molar-refractivity contribution in [2.45, 2.75) is 0 Å². The van der Waals surface area contributed by atoms with Gasteiger partial charge in [0.1, 0.15) is 12.4 Å². The van der Waals surface area contributed by atoms with E-state index < -0.39 is 11.9 Å². The predicted molar refractivity (Wildman–Crippen MR) is 46.6 cm³/mol. The molecule has 0 heterocycles. The lowest BCUT2D eigenvalue weighted by atomic mass is 10.5. The van der Waals surface area contributed by atoms with Gasteiger partial charge in [-0.1, -0.05) is 19.7 Å². The maximum Gasteiger partial charge on any atom is 0.335 e. The summed E-state index contributed by atoms with van der Waals surface area (Å²) in [4.78, 5) is 21.1. The average Bonchev–Trinajstić information content (AvgIpc) is 2.13. The fraction of sp³-hybridized carbons (Fsp3) is 0.111. The summed E-state index contributed by atoms with van der Waals surface area (Å²) in [6.07, 6.45) is 1.99. The lowest BCUT2D eigenvalue weighted by Gasteiger charge is -2.04. The maximum atomic E-state index is 10.6. The Morgan fingerprint density at radius 3 is 2.15 bits per heavy atom. The minimum atomic E-state index is -0.639. The van der Waals surface area contributed by atoms with Crippen molar-refractivity contribution < 1.29 is 19.1 Å². The van der Waals surface area contributed by atoms with Crippen molar-refractivity contribution >= 4 is 11.9 Å². The fourth-order valence-corrected chi connectivity index (χ4v) is 0.424. The van der Waals surface area contributed by atoms with Crippen LogP contribution in [-0.4, -0.2) is 18.5 Å². The van der Waals surface area contributed by atoms with E-state index in [4.69, 9.17) is 0 Å². The second-order valence-electron chi connectivity index (χ2n) is 1.98. The molecule has 0 spiro atoms. The molecule has 0 radical (unpaired) electrons. The Labute approximate surface area is 76.1 Å². The van der Waals surface area contributed by atoms with Gasteiger partial charge in [-0.25, -0.2) is 9.59 Å². The number of hydrogen-bond acceptors (Lipinski definition) is 4. The molecular weight excluding hydrogens is 172 g/mol. The average molecular weight is 182 g/mol. The zero-order chi connectivity index (χ0) is 10.3. The largest absolute Gasteiger partial charge is 0.454 e. The van der Waals surface area contributed by atoms with E-state index in [-0.39, 0.29) is 12.4 Å². The molecule has 0 aromatic heterocycles. The van der Waals surface area contributed by atoms with E-state index in [0.29, 0.717) is 0 Å². The molecule has 70 valence electrons. The summed E-state index contributed by atoms with van der Waals surface area (Å²) in [6, 6.07) is 0. The third-order valence-electron chi connectivity index (χ3n) is 0.954. The number of hydrogen-bond donors (Lipinski definition) is 0. The van der Waals surface area contributed by atoms with Crippen LogP contribution in [0, 0.1) is 0 Å². The van der Waals surface area contributed by atoms with Crippen molar-refractivity contribution in [1.29, 1.82) is 0 Å². The molecule has 0 aliphatic rings. The standard InChI is InChI=1S/C9H10O4/c1-4-8(10)12-6-7(3)13-9(11)5-2/h4-5H,1-3,6H2. The van der Waals surface area contributed by atoms with Crippen LogP contribution in [-0.2, 0) is 19.1 Å². The molecule has 0 aromatic carbocycles. The van der Waals surface area contributed by atoms with Gasteiger partial charge in [0.15, 0.2) is 0 Å². The third-order valence-corrected chi connectivity index (χ3v) is 0.954. The van der Waals surface area contributed by atoms with Gasteiger partial charge < -0.3 is 9.47 Å². The van der Waals surface area contributed by atoms with Gasteiger partial charge in [0.05, 0.1) is 0 Å². The molecule has 0 rings (SSSR count). The Bertz CT molecular complexity index is 252. The van der Waals surface area contributed by atoms with E-state index in [1.165, 1.54) is 0 Å². The van der Waals surface area contributed by atoms with E-state index in [9.17, 15) is 9.59 Å². The van der Waals surface area contributed by atoms with Crippen LogP contribution < -0.4 is 0 Å². The highest BCUT2D eigenvalue weighted by Crippen LogP contribution is 1.96. The zero-order valence-corrected chi connectivity index (χ0v) is 7.12. The SMILES string of the molecule is C=CC(=O)OCC(=C)OC(=O)C=C. The van der Waals surface area contributed by atoms with E-state index in [1.807, 2.05) is 0 Å². The molecule has 0 atom stereocenters. The molecule has 0 bridgehead atoms. The first-order chi connectivity index (χ1) is 6.10. The first-order valence-corrected chi connectivity index (χ1v) is 3.41. The highest BCUT2D eigenvalue weighted by molar-refractivity contribution is 5.82. The first-order valence-electron chi connectivity index (χ1n) is 3.41. The van der Waals surface area contributed by atoms with Gasteiger partial charge >= 0.3 is 11.9 Å². The predicted octanol–water partition coefficient (Wildman–Crippen LogP) is 0.958. The van der Waals surface area contributed by atoms with Crippen molar-refractivity contribution in [2.24, 2.45) is 0 Å². The summed E-state index contributed by atoms with van der Waals surface area (Å²) in [7, 11) is 0. The summed E-state index contributed by atoms with van der Waals surface area (Å²) in [5.74, 6) is -1.20. The topological polar surface area (TPSA) is 52.6 Å². The Kier molecular flexibility index (Phi) is 4.95. The molecule has 0 unspecified atom stereocenters. The minimum absolute atomic E-state index is 0.0418. The lowest BCUT2D eigenvalue weighted by molar-refractivity contribution is -0.141. The summed E-state index contributed by atoms with van der Waals surface area (Å²) in [5, 5.41) is 0. The van der Waals surface area contributed by atoms with Crippen LogP contribution in [0.1, 0.15) is 0 Å². The van der Waals surface area contributed by atoms with E-state index in [2.05, 4.69) is 29.2 Å². The molecule has 0 aliphatic heterocycles. The molecule has 0 aromatic rings. The summed E-state index contributed by atoms with van der Waals surface area (Å²) in [6.45, 7) is 9.54. The Morgan fingerprint density at radius 2 is 1.69 bits per heavy atom. The van der Waals surface area contributed by atoms with Gasteiger partial charge in [-0.2, -0.15) is 0 Å². The number of carbonyl (C=O) groups excluding carboxylic acids is 2. The van der Waals surface area contributed by atoms with Crippen LogP contribution in [0.3, 0.4) is 0 Å². The van der Waals surface area contributed by atoms with Crippen molar-refractivity contribution in [3.8, 4) is 0 Å². The van der Waals surface area contributed by atoms with Crippen LogP contribution in [0.25, 0.3) is 0 Å². The molecule has 0 fully saturated rings. The number of ether oxygens (including phenoxy) is 2. The van der Waals surface area contributed by atoms with E-state index in [1.54, 1.807) is 0 Å². The Hall–Kier alpha value is -1.84. The first kappa shape index (κ1) is 11.2. The van der Waals surface area contributed by atoms with E-state index in [0.717, 1.165) is 12.2 Å². The Balaban J connectivity index is 3.75. The summed E-state index contributed by atoms with van der Waals surface area (Å²) in [5.41, 5.74) is 0. The molecule has 0 N–H and O–H groups in total. The minimum Gasteiger partial charge on any atom is -0.454 e. The second kappa shape index (κ2) is 5.77. The normalized spacial score (nSPS) is 8.31. The highest BCUT2D eigenvalue weighted by atomic mass is 16.6. The molecule has 0 aliphatic carbocycles. The van der Waals surface area contributed by atoms with Crippen LogP contribution in [0.15, 0.2) is 37.6 Å². The van der Waals surface area contributed by atoms with Crippen molar-refractivity contribution in [3.63, 3.8) is 0 Å². The monoisotopic (exact) mass is 182 g/mol. The molecule has 0 amide bonds. The number of carbonyl (C=O) groups is 2. The number of rotatable bonds is 5. The van der Waals surface area contributed by atoms with Crippen LogP contribution in [0.5, 0.6) is 0 Å². The maximum absolute atomic E-state index is 10.6. The molecule has 4 nitrogen and oxygen atoms in total. The highest BCUT2D eigenvalue weighted by Gasteiger charge is 2.02. The van der Waals surface area contributed by atoms with Gasteiger partial charge in [0.25, 0.3) is 0 Å². The molecule has 4 heteroatoms. The molecule has 13 heavy (non-hydrogen) atoms. The van der Waals surface area contributed by atoms with Crippen molar-refractivity contribution in [3.05, 3.63) is 37.6 Å². The summed E-state index contributed by atoms with van der Waals surface area (Å²) < 4.78 is 9.06. The van der Waals surface area contributed by atoms with Crippen LogP contribution in [0.4, 0.5) is 0 Å².